The predicted molar refractivity (Wildman–Crippen MR) is 61.9 cm³/mol. The summed E-state index contributed by atoms with van der Waals surface area (Å²) in [6.45, 7) is 1.75. The summed E-state index contributed by atoms with van der Waals surface area (Å²) in [5, 5.41) is 0.213. The average Bonchev–Trinajstić information content (AvgIpc) is 2.39. The minimum atomic E-state index is -0.260. The monoisotopic (exact) mass is 259 g/mol. The molecule has 0 saturated carbocycles. The Balaban J connectivity index is 2.29. The van der Waals surface area contributed by atoms with Gasteiger partial charge >= 0.3 is 0 Å². The average molecular weight is 260 g/mol. The molecule has 2 aliphatic rings. The fraction of sp³-hybridized carbons (Fsp3) is 0.455. The minimum Gasteiger partial charge on any atom is -0.274 e. The maximum absolute atomic E-state index is 11.8. The van der Waals surface area contributed by atoms with Crippen LogP contribution in [0.1, 0.15) is 19.8 Å². The molecule has 1 saturated heterocycles. The molecule has 1 aliphatic heterocycles. The van der Waals surface area contributed by atoms with Crippen LogP contribution in [-0.4, -0.2) is 22.1 Å². The molecule has 0 radical (unpaired) electrons. The number of halogens is 2. The van der Waals surface area contributed by atoms with Crippen molar-refractivity contribution in [2.75, 3.05) is 0 Å². The fourth-order valence-corrected chi connectivity index (χ4v) is 2.58. The fourth-order valence-electron chi connectivity index (χ4n) is 1.94. The van der Waals surface area contributed by atoms with Crippen LogP contribution in [0.15, 0.2) is 22.9 Å². The van der Waals surface area contributed by atoms with Crippen LogP contribution >= 0.6 is 23.2 Å². The van der Waals surface area contributed by atoms with E-state index in [2.05, 4.69) is 0 Å². The van der Waals surface area contributed by atoms with Gasteiger partial charge in [-0.3, -0.25) is 14.5 Å². The van der Waals surface area contributed by atoms with Crippen LogP contribution in [0.3, 0.4) is 0 Å². The Morgan fingerprint density at radius 2 is 2.06 bits per heavy atom. The van der Waals surface area contributed by atoms with Gasteiger partial charge in [0.2, 0.25) is 11.8 Å². The lowest BCUT2D eigenvalue weighted by Crippen LogP contribution is -2.31. The third-order valence-corrected chi connectivity index (χ3v) is 3.22. The summed E-state index contributed by atoms with van der Waals surface area (Å²) in [5.41, 5.74) is 0.604. The van der Waals surface area contributed by atoms with Crippen LogP contribution in [0, 0.1) is 5.92 Å². The summed E-state index contributed by atoms with van der Waals surface area (Å²) < 4.78 is 0. The summed E-state index contributed by atoms with van der Waals surface area (Å²) in [6.07, 6.45) is 4.06. The molecule has 0 bridgehead atoms. The van der Waals surface area contributed by atoms with Gasteiger partial charge in [-0.2, -0.15) is 0 Å². The van der Waals surface area contributed by atoms with Crippen LogP contribution in [0.2, 0.25) is 0 Å². The van der Waals surface area contributed by atoms with Gasteiger partial charge < -0.3 is 0 Å². The van der Waals surface area contributed by atoms with E-state index in [-0.39, 0.29) is 29.5 Å². The highest BCUT2D eigenvalue weighted by atomic mass is 35.5. The second-order valence-electron chi connectivity index (χ2n) is 4.08. The molecular formula is C11H11Cl2NO2. The number of rotatable bonds is 1. The van der Waals surface area contributed by atoms with Crippen molar-refractivity contribution in [3.63, 3.8) is 0 Å². The first-order valence-corrected chi connectivity index (χ1v) is 5.89. The molecule has 1 aliphatic carbocycles. The molecule has 2 atom stereocenters. The van der Waals surface area contributed by atoms with Gasteiger partial charge in [-0.1, -0.05) is 18.5 Å². The van der Waals surface area contributed by atoms with E-state index in [1.165, 1.54) is 4.90 Å². The normalized spacial score (nSPS) is 30.6. The third kappa shape index (κ3) is 2.02. The maximum atomic E-state index is 11.8. The first kappa shape index (κ1) is 11.7. The van der Waals surface area contributed by atoms with E-state index in [9.17, 15) is 9.59 Å². The van der Waals surface area contributed by atoms with Crippen LogP contribution in [0.25, 0.3) is 0 Å². The number of nitrogens with zero attached hydrogens (tertiary/aromatic N) is 1. The number of amides is 2. The Morgan fingerprint density at radius 1 is 1.38 bits per heavy atom. The molecule has 2 amide bonds. The third-order valence-electron chi connectivity index (χ3n) is 2.71. The van der Waals surface area contributed by atoms with Crippen molar-refractivity contribution < 1.29 is 9.59 Å². The topological polar surface area (TPSA) is 37.4 Å². The highest BCUT2D eigenvalue weighted by Gasteiger charge is 2.38. The molecule has 3 nitrogen and oxygen atoms in total. The van der Waals surface area contributed by atoms with Gasteiger partial charge in [-0.25, -0.2) is 0 Å². The quantitative estimate of drug-likeness (QED) is 0.536. The van der Waals surface area contributed by atoms with E-state index in [0.29, 0.717) is 17.2 Å². The molecule has 1 fully saturated rings. The van der Waals surface area contributed by atoms with Crippen LogP contribution in [0.4, 0.5) is 0 Å². The van der Waals surface area contributed by atoms with E-state index in [1.807, 2.05) is 0 Å². The van der Waals surface area contributed by atoms with Crippen LogP contribution < -0.4 is 0 Å². The smallest absolute Gasteiger partial charge is 0.236 e. The first-order valence-electron chi connectivity index (χ1n) is 5.08. The zero-order valence-electron chi connectivity index (χ0n) is 8.74. The lowest BCUT2D eigenvalue weighted by atomic mass is 10.1. The molecular weight excluding hydrogens is 249 g/mol. The Labute approximate surface area is 104 Å². The number of allylic oxidation sites excluding steroid dienone is 4. The zero-order chi connectivity index (χ0) is 11.9. The molecule has 1 heterocycles. The van der Waals surface area contributed by atoms with Crippen LogP contribution in [-0.2, 0) is 9.59 Å². The molecule has 0 aromatic rings. The van der Waals surface area contributed by atoms with Gasteiger partial charge in [-0.15, -0.1) is 11.6 Å². The summed E-state index contributed by atoms with van der Waals surface area (Å²) >= 11 is 11.8. The highest BCUT2D eigenvalue weighted by molar-refractivity contribution is 6.32. The van der Waals surface area contributed by atoms with Gasteiger partial charge in [0.1, 0.15) is 0 Å². The van der Waals surface area contributed by atoms with Gasteiger partial charge in [-0.05, 0) is 12.2 Å². The second kappa shape index (κ2) is 4.22. The molecule has 0 aromatic heterocycles. The molecule has 16 heavy (non-hydrogen) atoms. The summed E-state index contributed by atoms with van der Waals surface area (Å²) in [4.78, 5) is 24.7. The van der Waals surface area contributed by atoms with Crippen molar-refractivity contribution in [2.24, 2.45) is 5.92 Å². The molecule has 0 N–H and O–H groups in total. The van der Waals surface area contributed by atoms with Crippen molar-refractivity contribution >= 4 is 35.0 Å². The van der Waals surface area contributed by atoms with E-state index in [4.69, 9.17) is 23.2 Å². The van der Waals surface area contributed by atoms with Crippen molar-refractivity contribution in [1.29, 1.82) is 0 Å². The molecule has 2 rings (SSSR count). The van der Waals surface area contributed by atoms with Crippen molar-refractivity contribution in [3.8, 4) is 0 Å². The Hall–Kier alpha value is -0.800. The van der Waals surface area contributed by atoms with Gasteiger partial charge in [0, 0.05) is 29.5 Å². The van der Waals surface area contributed by atoms with E-state index in [0.717, 1.165) is 0 Å². The van der Waals surface area contributed by atoms with Crippen molar-refractivity contribution in [1.82, 2.24) is 4.90 Å². The number of carbonyl (C=O) groups is 2. The number of likely N-dealkylation sites (tertiary alicyclic amines) is 1. The predicted octanol–water partition coefficient (Wildman–Crippen LogP) is 2.40. The molecule has 0 spiro atoms. The van der Waals surface area contributed by atoms with Gasteiger partial charge in [0.25, 0.3) is 0 Å². The second-order valence-corrected chi connectivity index (χ2v) is 5.08. The number of hydrogen-bond acceptors (Lipinski definition) is 2. The standard InChI is InChI=1S/C11H11Cl2NO2/c1-6-2-10(15)14(11(6)16)9-4-7(12)3-8(13)5-9/h3-4,6,8H,2,5H2,1H3. The SMILES string of the molecule is CC1CC(=O)N(C2=CC(Cl)=CC(Cl)C2)C1=O. The summed E-state index contributed by atoms with van der Waals surface area (Å²) in [5.74, 6) is -0.572. The Kier molecular flexibility index (Phi) is 3.08. The Morgan fingerprint density at radius 3 is 2.56 bits per heavy atom. The molecule has 5 heteroatoms. The number of imide groups is 1. The van der Waals surface area contributed by atoms with Crippen LogP contribution in [0.5, 0.6) is 0 Å². The maximum Gasteiger partial charge on any atom is 0.236 e. The first-order chi connectivity index (χ1) is 7.49. The van der Waals surface area contributed by atoms with Gasteiger partial charge in [0.15, 0.2) is 0 Å². The van der Waals surface area contributed by atoms with E-state index < -0.39 is 0 Å². The molecule has 2 unspecified atom stereocenters. The number of hydrogen-bond donors (Lipinski definition) is 0. The zero-order valence-corrected chi connectivity index (χ0v) is 10.3. The highest BCUT2D eigenvalue weighted by Crippen LogP contribution is 2.31. The Bertz CT molecular complexity index is 414. The van der Waals surface area contributed by atoms with Gasteiger partial charge in [0.05, 0.1) is 5.38 Å². The van der Waals surface area contributed by atoms with E-state index >= 15 is 0 Å². The largest absolute Gasteiger partial charge is 0.274 e. The number of alkyl halides is 1. The lowest BCUT2D eigenvalue weighted by Gasteiger charge is -2.22. The van der Waals surface area contributed by atoms with Crippen molar-refractivity contribution in [3.05, 3.63) is 22.9 Å². The summed E-state index contributed by atoms with van der Waals surface area (Å²) in [6, 6.07) is 0. The lowest BCUT2D eigenvalue weighted by molar-refractivity contribution is -0.136. The molecule has 86 valence electrons. The minimum absolute atomic E-state index is 0.161. The number of carbonyl (C=O) groups excluding carboxylic acids is 2. The van der Waals surface area contributed by atoms with E-state index in [1.54, 1.807) is 19.1 Å². The van der Waals surface area contributed by atoms with Crippen molar-refractivity contribution in [2.45, 2.75) is 25.1 Å². The summed E-state index contributed by atoms with van der Waals surface area (Å²) in [7, 11) is 0. The molecule has 0 aromatic carbocycles.